The van der Waals surface area contributed by atoms with Gasteiger partial charge in [0.1, 0.15) is 0 Å². The minimum Gasteiger partial charge on any atom is -0.494 e. The first-order chi connectivity index (χ1) is 8.63. The lowest BCUT2D eigenvalue weighted by Gasteiger charge is -2.21. The first-order valence-corrected chi connectivity index (χ1v) is 5.96. The maximum Gasteiger partial charge on any atom is 0.254 e. The fraction of sp³-hybridized carbons (Fsp3) is 0.462. The molecule has 5 heteroatoms. The molecule has 4 nitrogen and oxygen atoms in total. The third kappa shape index (κ3) is 3.43. The van der Waals surface area contributed by atoms with Crippen molar-refractivity contribution in [2.45, 2.75) is 13.3 Å². The van der Waals surface area contributed by atoms with Crippen molar-refractivity contribution in [3.8, 4) is 5.75 Å². The molecule has 0 atom stereocenters. The Balaban J connectivity index is 2.93. The molecule has 1 amide bonds. The highest BCUT2D eigenvalue weighted by Gasteiger charge is 2.16. The van der Waals surface area contributed by atoms with E-state index in [-0.39, 0.29) is 11.7 Å². The van der Waals surface area contributed by atoms with Crippen molar-refractivity contribution in [2.75, 3.05) is 26.7 Å². The molecule has 0 saturated heterocycles. The quantitative estimate of drug-likeness (QED) is 0.839. The van der Waals surface area contributed by atoms with E-state index in [0.717, 1.165) is 6.42 Å². The number of carbonyl (C=O) groups excluding carboxylic acids is 1. The predicted molar refractivity (Wildman–Crippen MR) is 68.2 cm³/mol. The monoisotopic (exact) mass is 254 g/mol. The Morgan fingerprint density at radius 1 is 1.44 bits per heavy atom. The second-order valence-corrected chi connectivity index (χ2v) is 3.93. The Labute approximate surface area is 107 Å². The number of halogens is 1. The van der Waals surface area contributed by atoms with Gasteiger partial charge in [0.15, 0.2) is 11.6 Å². The lowest BCUT2D eigenvalue weighted by atomic mass is 10.1. The molecule has 0 aliphatic carbocycles. The Bertz CT molecular complexity index is 404. The first-order valence-electron chi connectivity index (χ1n) is 5.96. The Hall–Kier alpha value is -1.62. The maximum atomic E-state index is 13.3. The van der Waals surface area contributed by atoms with Gasteiger partial charge in [-0.2, -0.15) is 0 Å². The summed E-state index contributed by atoms with van der Waals surface area (Å²) in [5.74, 6) is -0.555. The highest BCUT2D eigenvalue weighted by molar-refractivity contribution is 5.94. The molecule has 2 N–H and O–H groups in total. The molecule has 0 saturated carbocycles. The van der Waals surface area contributed by atoms with E-state index >= 15 is 0 Å². The molecule has 1 aromatic carbocycles. The molecule has 1 rings (SSSR count). The van der Waals surface area contributed by atoms with Gasteiger partial charge in [-0.15, -0.1) is 0 Å². The number of hydrogen-bond donors (Lipinski definition) is 1. The van der Waals surface area contributed by atoms with Gasteiger partial charge in [-0.05, 0) is 24.6 Å². The van der Waals surface area contributed by atoms with Gasteiger partial charge >= 0.3 is 0 Å². The van der Waals surface area contributed by atoms with E-state index in [1.165, 1.54) is 25.3 Å². The van der Waals surface area contributed by atoms with Crippen molar-refractivity contribution in [2.24, 2.45) is 5.73 Å². The molecule has 0 bridgehead atoms. The summed E-state index contributed by atoms with van der Waals surface area (Å²) in [5, 5.41) is 0. The highest BCUT2D eigenvalue weighted by Crippen LogP contribution is 2.19. The summed E-state index contributed by atoms with van der Waals surface area (Å²) in [7, 11) is 1.37. The number of ether oxygens (including phenoxy) is 1. The third-order valence-electron chi connectivity index (χ3n) is 2.58. The van der Waals surface area contributed by atoms with Crippen molar-refractivity contribution in [1.29, 1.82) is 0 Å². The summed E-state index contributed by atoms with van der Waals surface area (Å²) >= 11 is 0. The lowest BCUT2D eigenvalue weighted by molar-refractivity contribution is 0.0760. The van der Waals surface area contributed by atoms with Gasteiger partial charge in [0, 0.05) is 25.2 Å². The summed E-state index contributed by atoms with van der Waals surface area (Å²) in [6.45, 7) is 3.52. The molecule has 0 aliphatic heterocycles. The van der Waals surface area contributed by atoms with E-state index in [0.29, 0.717) is 25.2 Å². The predicted octanol–water partition coefficient (Wildman–Crippen LogP) is 1.65. The van der Waals surface area contributed by atoms with Crippen LogP contribution in [0.4, 0.5) is 4.39 Å². The summed E-state index contributed by atoms with van der Waals surface area (Å²) in [6.07, 6.45) is 0.851. The van der Waals surface area contributed by atoms with Crippen molar-refractivity contribution >= 4 is 5.91 Å². The van der Waals surface area contributed by atoms with Crippen LogP contribution in [0.1, 0.15) is 23.7 Å². The zero-order valence-electron chi connectivity index (χ0n) is 10.8. The van der Waals surface area contributed by atoms with Gasteiger partial charge in [-0.3, -0.25) is 4.79 Å². The molecule has 0 radical (unpaired) electrons. The lowest BCUT2D eigenvalue weighted by Crippen LogP contribution is -2.35. The smallest absolute Gasteiger partial charge is 0.254 e. The molecule has 0 heterocycles. The molecule has 18 heavy (non-hydrogen) atoms. The summed E-state index contributed by atoms with van der Waals surface area (Å²) in [6, 6.07) is 4.11. The maximum absolute atomic E-state index is 13.3. The van der Waals surface area contributed by atoms with E-state index in [4.69, 9.17) is 10.5 Å². The van der Waals surface area contributed by atoms with E-state index in [1.54, 1.807) is 4.90 Å². The van der Waals surface area contributed by atoms with Crippen LogP contribution in [0.25, 0.3) is 0 Å². The van der Waals surface area contributed by atoms with Crippen molar-refractivity contribution in [1.82, 2.24) is 4.90 Å². The number of methoxy groups -OCH3 is 1. The van der Waals surface area contributed by atoms with E-state index in [1.807, 2.05) is 6.92 Å². The SMILES string of the molecule is CCCN(CCN)C(=O)c1ccc(F)c(OC)c1. The number of benzene rings is 1. The molecule has 1 aromatic rings. The normalized spacial score (nSPS) is 10.2. The van der Waals surface area contributed by atoms with Crippen molar-refractivity contribution in [3.05, 3.63) is 29.6 Å². The molecule has 0 aromatic heterocycles. The van der Waals surface area contributed by atoms with Crippen LogP contribution in [0, 0.1) is 5.82 Å². The van der Waals surface area contributed by atoms with Crippen molar-refractivity contribution < 1.29 is 13.9 Å². The number of nitrogens with two attached hydrogens (primary N) is 1. The van der Waals surface area contributed by atoms with Gasteiger partial charge in [0.25, 0.3) is 5.91 Å². The third-order valence-corrected chi connectivity index (χ3v) is 2.58. The minimum absolute atomic E-state index is 0.0741. The second kappa shape index (κ2) is 6.96. The van der Waals surface area contributed by atoms with Crippen LogP contribution in [0.15, 0.2) is 18.2 Å². The first kappa shape index (κ1) is 14.4. The van der Waals surface area contributed by atoms with Crippen LogP contribution in [-0.4, -0.2) is 37.6 Å². The fourth-order valence-electron chi connectivity index (χ4n) is 1.72. The van der Waals surface area contributed by atoms with Gasteiger partial charge in [-0.25, -0.2) is 4.39 Å². The Kier molecular flexibility index (Phi) is 5.58. The number of hydrogen-bond acceptors (Lipinski definition) is 3. The minimum atomic E-state index is -0.477. The van der Waals surface area contributed by atoms with Crippen LogP contribution in [0.5, 0.6) is 5.75 Å². The van der Waals surface area contributed by atoms with Crippen LogP contribution in [-0.2, 0) is 0 Å². The largest absolute Gasteiger partial charge is 0.494 e. The average molecular weight is 254 g/mol. The number of nitrogens with zero attached hydrogens (tertiary/aromatic N) is 1. The fourth-order valence-corrected chi connectivity index (χ4v) is 1.72. The molecule has 0 fully saturated rings. The van der Waals surface area contributed by atoms with Gasteiger partial charge in [0.2, 0.25) is 0 Å². The Morgan fingerprint density at radius 2 is 2.17 bits per heavy atom. The molecular formula is C13H19FN2O2. The van der Waals surface area contributed by atoms with Gasteiger partial charge in [0.05, 0.1) is 7.11 Å². The van der Waals surface area contributed by atoms with E-state index in [9.17, 15) is 9.18 Å². The van der Waals surface area contributed by atoms with Crippen LogP contribution < -0.4 is 10.5 Å². The average Bonchev–Trinajstić information content (AvgIpc) is 2.38. The molecule has 0 spiro atoms. The molecular weight excluding hydrogens is 235 g/mol. The highest BCUT2D eigenvalue weighted by atomic mass is 19.1. The van der Waals surface area contributed by atoms with Crippen LogP contribution in [0.3, 0.4) is 0 Å². The van der Waals surface area contributed by atoms with E-state index in [2.05, 4.69) is 0 Å². The number of amides is 1. The summed E-state index contributed by atoms with van der Waals surface area (Å²) in [4.78, 5) is 13.9. The zero-order valence-corrected chi connectivity index (χ0v) is 10.8. The molecule has 0 unspecified atom stereocenters. The second-order valence-electron chi connectivity index (χ2n) is 3.93. The summed E-state index contributed by atoms with van der Waals surface area (Å²) in [5.41, 5.74) is 5.89. The number of carbonyl (C=O) groups is 1. The van der Waals surface area contributed by atoms with Gasteiger partial charge in [-0.1, -0.05) is 6.92 Å². The Morgan fingerprint density at radius 3 is 2.72 bits per heavy atom. The molecule has 100 valence electrons. The standard InChI is InChI=1S/C13H19FN2O2/c1-3-7-16(8-6-15)13(17)10-4-5-11(14)12(9-10)18-2/h4-5,9H,3,6-8,15H2,1-2H3. The van der Waals surface area contributed by atoms with Crippen LogP contribution in [0.2, 0.25) is 0 Å². The van der Waals surface area contributed by atoms with Crippen molar-refractivity contribution in [3.63, 3.8) is 0 Å². The molecule has 0 aliphatic rings. The topological polar surface area (TPSA) is 55.6 Å². The van der Waals surface area contributed by atoms with Crippen LogP contribution >= 0.6 is 0 Å². The van der Waals surface area contributed by atoms with E-state index < -0.39 is 5.82 Å². The zero-order chi connectivity index (χ0) is 13.5. The van der Waals surface area contributed by atoms with Gasteiger partial charge < -0.3 is 15.4 Å². The summed E-state index contributed by atoms with van der Waals surface area (Å²) < 4.78 is 18.1. The number of rotatable bonds is 6.